The van der Waals surface area contributed by atoms with Crippen LogP contribution in [0, 0.1) is 5.41 Å². The van der Waals surface area contributed by atoms with E-state index in [1.807, 2.05) is 83.4 Å². The maximum absolute atomic E-state index is 12.6. The second kappa shape index (κ2) is 10.9. The van der Waals surface area contributed by atoms with Crippen LogP contribution in [0.15, 0.2) is 91.5 Å². The van der Waals surface area contributed by atoms with E-state index in [4.69, 9.17) is 20.6 Å². The zero-order valence-corrected chi connectivity index (χ0v) is 20.5. The van der Waals surface area contributed by atoms with Crippen molar-refractivity contribution in [1.29, 1.82) is 5.41 Å². The number of amidine groups is 1. The number of hydrogen-bond acceptors (Lipinski definition) is 7. The molecule has 186 valence electrons. The topological polar surface area (TPSA) is 128 Å². The molecule has 0 aliphatic carbocycles. The van der Waals surface area contributed by atoms with Gasteiger partial charge in [0.15, 0.2) is 6.10 Å². The molecule has 9 nitrogen and oxygen atoms in total. The van der Waals surface area contributed by atoms with Gasteiger partial charge >= 0.3 is 6.09 Å². The van der Waals surface area contributed by atoms with Gasteiger partial charge in [-0.1, -0.05) is 48.5 Å². The molecule has 0 aliphatic heterocycles. The van der Waals surface area contributed by atoms with Crippen molar-refractivity contribution in [2.75, 3.05) is 11.9 Å². The number of thiophene rings is 1. The number of amides is 1. The third kappa shape index (κ3) is 5.93. The monoisotopic (exact) mass is 512 g/mol. The maximum atomic E-state index is 12.6. The zero-order chi connectivity index (χ0) is 25.6. The molecule has 4 N–H and O–H groups in total. The maximum Gasteiger partial charge on any atom is 0.411 e. The molecule has 0 bridgehead atoms. The molecule has 0 saturated carbocycles. The van der Waals surface area contributed by atoms with Gasteiger partial charge in [-0.25, -0.2) is 4.79 Å². The molecule has 0 radical (unpaired) electrons. The Hall–Kier alpha value is -4.70. The van der Waals surface area contributed by atoms with Gasteiger partial charge in [-0.05, 0) is 41.5 Å². The van der Waals surface area contributed by atoms with Crippen LogP contribution >= 0.6 is 11.3 Å². The molecular formula is C27H24N6O3S. The molecule has 1 amide bonds. The summed E-state index contributed by atoms with van der Waals surface area (Å²) in [5, 5.41) is 19.0. The van der Waals surface area contributed by atoms with Gasteiger partial charge < -0.3 is 19.8 Å². The minimum atomic E-state index is -0.580. The van der Waals surface area contributed by atoms with E-state index < -0.39 is 12.2 Å². The van der Waals surface area contributed by atoms with Gasteiger partial charge in [0, 0.05) is 22.3 Å². The molecule has 0 aliphatic rings. The summed E-state index contributed by atoms with van der Waals surface area (Å²) in [6, 6.07) is 24.6. The lowest BCUT2D eigenvalue weighted by Crippen LogP contribution is -2.21. The second-order valence-corrected chi connectivity index (χ2v) is 9.35. The highest BCUT2D eigenvalue weighted by Crippen LogP contribution is 2.35. The molecule has 5 rings (SSSR count). The first kappa shape index (κ1) is 24.0. The van der Waals surface area contributed by atoms with Crippen molar-refractivity contribution in [1.82, 2.24) is 14.8 Å². The zero-order valence-electron chi connectivity index (χ0n) is 19.7. The number of nitrogens with two attached hydrogens (primary N) is 1. The SMILES string of the molecule is N=C(N)c1cc2c(OC(COC(=O)Nc3ccc(Cn4cnnc4)cc3)c3ccccc3)cccc2s1. The van der Waals surface area contributed by atoms with Crippen LogP contribution in [-0.2, 0) is 11.3 Å². The van der Waals surface area contributed by atoms with Gasteiger partial charge in [-0.3, -0.25) is 10.7 Å². The molecule has 0 spiro atoms. The quantitative estimate of drug-likeness (QED) is 0.184. The largest absolute Gasteiger partial charge is 0.481 e. The highest BCUT2D eigenvalue weighted by atomic mass is 32.1. The Labute approximate surface area is 217 Å². The molecule has 0 fully saturated rings. The van der Waals surface area contributed by atoms with E-state index >= 15 is 0 Å². The van der Waals surface area contributed by atoms with E-state index in [0.717, 1.165) is 21.2 Å². The summed E-state index contributed by atoms with van der Waals surface area (Å²) in [7, 11) is 0. The van der Waals surface area contributed by atoms with E-state index in [2.05, 4.69) is 15.5 Å². The molecule has 37 heavy (non-hydrogen) atoms. The van der Waals surface area contributed by atoms with Crippen LogP contribution in [-0.4, -0.2) is 33.3 Å². The summed E-state index contributed by atoms with van der Waals surface area (Å²) in [6.07, 6.45) is 2.18. The average molecular weight is 513 g/mol. The number of fused-ring (bicyclic) bond motifs is 1. The van der Waals surface area contributed by atoms with Crippen molar-refractivity contribution < 1.29 is 14.3 Å². The first-order valence-corrected chi connectivity index (χ1v) is 12.3. The summed E-state index contributed by atoms with van der Waals surface area (Å²) in [5.41, 5.74) is 8.22. The predicted molar refractivity (Wildman–Crippen MR) is 143 cm³/mol. The van der Waals surface area contributed by atoms with E-state index in [1.165, 1.54) is 11.3 Å². The molecule has 5 aromatic rings. The fraction of sp³-hybridized carbons (Fsp3) is 0.111. The summed E-state index contributed by atoms with van der Waals surface area (Å²) in [6.45, 7) is 0.639. The number of ether oxygens (including phenoxy) is 2. The number of carbonyl (C=O) groups excluding carboxylic acids is 1. The molecule has 1 unspecified atom stereocenters. The van der Waals surface area contributed by atoms with Crippen molar-refractivity contribution in [3.8, 4) is 5.75 Å². The lowest BCUT2D eigenvalue weighted by Gasteiger charge is -2.20. The van der Waals surface area contributed by atoms with Crippen LogP contribution in [0.2, 0.25) is 0 Å². The summed E-state index contributed by atoms with van der Waals surface area (Å²) >= 11 is 1.43. The molecular weight excluding hydrogens is 488 g/mol. The second-order valence-electron chi connectivity index (χ2n) is 8.26. The lowest BCUT2D eigenvalue weighted by molar-refractivity contribution is 0.0910. The van der Waals surface area contributed by atoms with E-state index in [0.29, 0.717) is 22.9 Å². The third-order valence-electron chi connectivity index (χ3n) is 5.63. The van der Waals surface area contributed by atoms with Gasteiger partial charge in [0.1, 0.15) is 30.8 Å². The van der Waals surface area contributed by atoms with Gasteiger partial charge in [0.2, 0.25) is 0 Å². The standard InChI is InChI=1S/C27H24N6O3S/c28-26(29)25-13-21-22(7-4-8-24(21)37-25)36-23(19-5-2-1-3-6-19)15-35-27(34)32-20-11-9-18(10-12-20)14-33-16-30-31-17-33/h1-13,16-17,23H,14-15H2,(H3,28,29)(H,32,34). The number of anilines is 1. The van der Waals surface area contributed by atoms with Crippen LogP contribution in [0.1, 0.15) is 22.1 Å². The van der Waals surface area contributed by atoms with Gasteiger partial charge in [0.05, 0.1) is 4.88 Å². The Bertz CT molecular complexity index is 1500. The molecule has 3 aromatic carbocycles. The van der Waals surface area contributed by atoms with Gasteiger partial charge in [-0.2, -0.15) is 0 Å². The van der Waals surface area contributed by atoms with Crippen molar-refractivity contribution in [3.63, 3.8) is 0 Å². The van der Waals surface area contributed by atoms with Crippen LogP contribution in [0.25, 0.3) is 10.1 Å². The summed E-state index contributed by atoms with van der Waals surface area (Å²) in [4.78, 5) is 13.3. The fourth-order valence-corrected chi connectivity index (χ4v) is 4.74. The average Bonchev–Trinajstić information content (AvgIpc) is 3.59. The lowest BCUT2D eigenvalue weighted by atomic mass is 10.1. The van der Waals surface area contributed by atoms with Crippen LogP contribution in [0.5, 0.6) is 5.75 Å². The fourth-order valence-electron chi connectivity index (χ4n) is 3.80. The minimum absolute atomic E-state index is 0.00164. The molecule has 0 saturated heterocycles. The Morgan fingerprint density at radius 1 is 1.03 bits per heavy atom. The highest BCUT2D eigenvalue weighted by Gasteiger charge is 2.19. The first-order valence-electron chi connectivity index (χ1n) is 11.5. The van der Waals surface area contributed by atoms with E-state index in [-0.39, 0.29) is 12.4 Å². The summed E-state index contributed by atoms with van der Waals surface area (Å²) < 4.78 is 14.7. The number of benzene rings is 3. The minimum Gasteiger partial charge on any atom is -0.481 e. The van der Waals surface area contributed by atoms with Crippen LogP contribution < -0.4 is 15.8 Å². The first-order chi connectivity index (χ1) is 18.0. The van der Waals surface area contributed by atoms with Gasteiger partial charge in [0.25, 0.3) is 0 Å². The number of rotatable bonds is 9. The Kier molecular flexibility index (Phi) is 7.09. The third-order valence-corrected chi connectivity index (χ3v) is 6.76. The molecule has 2 heterocycles. The summed E-state index contributed by atoms with van der Waals surface area (Å²) in [5.74, 6) is 0.640. The highest BCUT2D eigenvalue weighted by molar-refractivity contribution is 7.20. The van der Waals surface area contributed by atoms with Gasteiger partial charge in [-0.15, -0.1) is 21.5 Å². The number of carbonyl (C=O) groups is 1. The molecule has 2 aromatic heterocycles. The molecule has 10 heteroatoms. The Balaban J connectivity index is 1.26. The van der Waals surface area contributed by atoms with Crippen molar-refractivity contribution >= 4 is 39.0 Å². The van der Waals surface area contributed by atoms with Crippen molar-refractivity contribution in [2.45, 2.75) is 12.6 Å². The van der Waals surface area contributed by atoms with E-state index in [9.17, 15) is 4.79 Å². The number of nitrogens with zero attached hydrogens (tertiary/aromatic N) is 3. The Morgan fingerprint density at radius 3 is 2.51 bits per heavy atom. The number of hydrogen-bond donors (Lipinski definition) is 3. The van der Waals surface area contributed by atoms with Crippen LogP contribution in [0.4, 0.5) is 10.5 Å². The number of nitrogen functional groups attached to an aromatic ring is 1. The normalized spacial score (nSPS) is 11.7. The van der Waals surface area contributed by atoms with Crippen LogP contribution in [0.3, 0.4) is 0 Å². The smallest absolute Gasteiger partial charge is 0.411 e. The Morgan fingerprint density at radius 2 is 1.78 bits per heavy atom. The van der Waals surface area contributed by atoms with Crippen molar-refractivity contribution in [2.24, 2.45) is 5.73 Å². The van der Waals surface area contributed by atoms with E-state index in [1.54, 1.807) is 12.7 Å². The predicted octanol–water partition coefficient (Wildman–Crippen LogP) is 5.19. The molecule has 1 atom stereocenters. The number of aromatic nitrogens is 3. The number of nitrogens with one attached hydrogen (secondary N) is 2. The van der Waals surface area contributed by atoms with Crippen molar-refractivity contribution in [3.05, 3.63) is 108 Å².